The van der Waals surface area contributed by atoms with Gasteiger partial charge in [-0.3, -0.25) is 9.59 Å². The van der Waals surface area contributed by atoms with E-state index in [1.54, 1.807) is 0 Å². The Morgan fingerprint density at radius 2 is 1.92 bits per heavy atom. The predicted octanol–water partition coefficient (Wildman–Crippen LogP) is 2.78. The van der Waals surface area contributed by atoms with Gasteiger partial charge >= 0.3 is 0 Å². The van der Waals surface area contributed by atoms with Crippen LogP contribution in [0.3, 0.4) is 0 Å². The highest BCUT2D eigenvalue weighted by atomic mass is 35.5. The van der Waals surface area contributed by atoms with Gasteiger partial charge in [0.05, 0.1) is 12.3 Å². The standard InChI is InChI=1S/C19H29N3O2.ClH/c1-3-4-11-21-19(24)16-8-5-14(2)22(13-16)18(23)12-15-6-9-17(20)10-7-15;/h6-7,9-10,14,16H,3-5,8,11-13,20H2,1-2H3,(H,21,24);1H. The molecule has 2 atom stereocenters. The van der Waals surface area contributed by atoms with Crippen LogP contribution in [-0.4, -0.2) is 35.8 Å². The van der Waals surface area contributed by atoms with Crippen LogP contribution < -0.4 is 11.1 Å². The quantitative estimate of drug-likeness (QED) is 0.599. The van der Waals surface area contributed by atoms with Crippen molar-refractivity contribution in [2.45, 2.75) is 52.0 Å². The lowest BCUT2D eigenvalue weighted by Gasteiger charge is -2.37. The normalized spacial score (nSPS) is 19.8. The SMILES string of the molecule is CCCCNC(=O)C1CCC(C)N(C(=O)Cc2ccc(N)cc2)C1.Cl. The molecule has 0 radical (unpaired) electrons. The minimum atomic E-state index is -0.0894. The summed E-state index contributed by atoms with van der Waals surface area (Å²) in [5.74, 6) is 0.0763. The van der Waals surface area contributed by atoms with E-state index in [0.717, 1.165) is 37.8 Å². The summed E-state index contributed by atoms with van der Waals surface area (Å²) in [6.07, 6.45) is 4.14. The van der Waals surface area contributed by atoms with Crippen LogP contribution in [0.5, 0.6) is 0 Å². The highest BCUT2D eigenvalue weighted by Gasteiger charge is 2.32. The molecule has 3 N–H and O–H groups in total. The molecule has 0 bridgehead atoms. The number of unbranched alkanes of at least 4 members (excludes halogenated alkanes) is 1. The molecular formula is C19H30ClN3O2. The van der Waals surface area contributed by atoms with Gasteiger partial charge in [0.2, 0.25) is 11.8 Å². The van der Waals surface area contributed by atoms with Crippen LogP contribution in [-0.2, 0) is 16.0 Å². The van der Waals surface area contributed by atoms with E-state index >= 15 is 0 Å². The maximum Gasteiger partial charge on any atom is 0.227 e. The Kier molecular flexibility index (Phi) is 8.76. The minimum Gasteiger partial charge on any atom is -0.399 e. The van der Waals surface area contributed by atoms with Gasteiger partial charge in [0.25, 0.3) is 0 Å². The molecule has 1 aromatic carbocycles. The molecule has 1 aromatic rings. The van der Waals surface area contributed by atoms with Crippen LogP contribution in [0.25, 0.3) is 0 Å². The molecule has 6 heteroatoms. The number of carbonyl (C=O) groups excluding carboxylic acids is 2. The van der Waals surface area contributed by atoms with Crippen molar-refractivity contribution in [3.8, 4) is 0 Å². The van der Waals surface area contributed by atoms with Crippen LogP contribution >= 0.6 is 12.4 Å². The van der Waals surface area contributed by atoms with Crippen LogP contribution in [0, 0.1) is 5.92 Å². The van der Waals surface area contributed by atoms with Gasteiger partial charge in [-0.15, -0.1) is 12.4 Å². The van der Waals surface area contributed by atoms with Gasteiger partial charge in [-0.05, 0) is 43.9 Å². The number of nitrogens with one attached hydrogen (secondary N) is 1. The van der Waals surface area contributed by atoms with E-state index < -0.39 is 0 Å². The Hall–Kier alpha value is -1.75. The number of carbonyl (C=O) groups is 2. The second-order valence-electron chi connectivity index (χ2n) is 6.73. The first-order valence-corrected chi connectivity index (χ1v) is 8.92. The van der Waals surface area contributed by atoms with E-state index in [0.29, 0.717) is 18.7 Å². The molecular weight excluding hydrogens is 338 g/mol. The van der Waals surface area contributed by atoms with E-state index in [1.807, 2.05) is 29.2 Å². The van der Waals surface area contributed by atoms with Gasteiger partial charge in [-0.1, -0.05) is 25.5 Å². The van der Waals surface area contributed by atoms with Crippen molar-refractivity contribution in [1.29, 1.82) is 0 Å². The number of hydrogen-bond donors (Lipinski definition) is 2. The lowest BCUT2D eigenvalue weighted by molar-refractivity contribution is -0.137. The minimum absolute atomic E-state index is 0. The van der Waals surface area contributed by atoms with E-state index in [2.05, 4.69) is 19.2 Å². The number of piperidine rings is 1. The Morgan fingerprint density at radius 1 is 1.24 bits per heavy atom. The first kappa shape index (κ1) is 21.3. The summed E-state index contributed by atoms with van der Waals surface area (Å²) in [7, 11) is 0. The summed E-state index contributed by atoms with van der Waals surface area (Å²) in [5, 5.41) is 2.99. The number of nitrogens with zero attached hydrogens (tertiary/aromatic N) is 1. The van der Waals surface area contributed by atoms with Crippen molar-refractivity contribution in [2.75, 3.05) is 18.8 Å². The molecule has 140 valence electrons. The molecule has 2 amide bonds. The summed E-state index contributed by atoms with van der Waals surface area (Å²) >= 11 is 0. The number of likely N-dealkylation sites (tertiary alicyclic amines) is 1. The average molecular weight is 368 g/mol. The van der Waals surface area contributed by atoms with Crippen LogP contribution in [0.4, 0.5) is 5.69 Å². The zero-order valence-corrected chi connectivity index (χ0v) is 16.0. The molecule has 1 aliphatic rings. The third-order valence-electron chi connectivity index (χ3n) is 4.74. The molecule has 25 heavy (non-hydrogen) atoms. The average Bonchev–Trinajstić information content (AvgIpc) is 2.57. The third-order valence-corrected chi connectivity index (χ3v) is 4.74. The van der Waals surface area contributed by atoms with Crippen molar-refractivity contribution in [1.82, 2.24) is 10.2 Å². The van der Waals surface area contributed by atoms with E-state index in [-0.39, 0.29) is 36.2 Å². The van der Waals surface area contributed by atoms with Gasteiger partial charge in [0.15, 0.2) is 0 Å². The summed E-state index contributed by atoms with van der Waals surface area (Å²) in [5.41, 5.74) is 7.33. The third kappa shape index (κ3) is 6.24. The topological polar surface area (TPSA) is 75.4 Å². The molecule has 1 saturated heterocycles. The van der Waals surface area contributed by atoms with Crippen LogP contribution in [0.1, 0.15) is 45.1 Å². The van der Waals surface area contributed by atoms with Crippen molar-refractivity contribution in [3.63, 3.8) is 0 Å². The van der Waals surface area contributed by atoms with E-state index in [1.165, 1.54) is 0 Å². The van der Waals surface area contributed by atoms with E-state index in [4.69, 9.17) is 5.73 Å². The van der Waals surface area contributed by atoms with Gasteiger partial charge < -0.3 is 16.0 Å². The number of nitrogens with two attached hydrogens (primary N) is 1. The second kappa shape index (κ2) is 10.3. The smallest absolute Gasteiger partial charge is 0.227 e. The Bertz CT molecular complexity index is 562. The number of halogens is 1. The zero-order valence-electron chi connectivity index (χ0n) is 15.2. The monoisotopic (exact) mass is 367 g/mol. The second-order valence-corrected chi connectivity index (χ2v) is 6.73. The van der Waals surface area contributed by atoms with Crippen molar-refractivity contribution in [2.24, 2.45) is 5.92 Å². The molecule has 1 fully saturated rings. The van der Waals surface area contributed by atoms with E-state index in [9.17, 15) is 9.59 Å². The maximum absolute atomic E-state index is 12.7. The number of amides is 2. The fourth-order valence-electron chi connectivity index (χ4n) is 3.11. The fraction of sp³-hybridized carbons (Fsp3) is 0.579. The number of benzene rings is 1. The van der Waals surface area contributed by atoms with Gasteiger partial charge in [0.1, 0.15) is 0 Å². The Balaban J connectivity index is 0.00000312. The molecule has 0 saturated carbocycles. The van der Waals surface area contributed by atoms with Crippen molar-refractivity contribution >= 4 is 29.9 Å². The molecule has 0 aliphatic carbocycles. The summed E-state index contributed by atoms with van der Waals surface area (Å²) < 4.78 is 0. The fourth-order valence-corrected chi connectivity index (χ4v) is 3.11. The molecule has 0 aromatic heterocycles. The molecule has 1 heterocycles. The van der Waals surface area contributed by atoms with Crippen LogP contribution in [0.2, 0.25) is 0 Å². The maximum atomic E-state index is 12.7. The van der Waals surface area contributed by atoms with Crippen molar-refractivity contribution in [3.05, 3.63) is 29.8 Å². The zero-order chi connectivity index (χ0) is 17.5. The highest BCUT2D eigenvalue weighted by molar-refractivity contribution is 5.85. The largest absolute Gasteiger partial charge is 0.399 e. The summed E-state index contributed by atoms with van der Waals surface area (Å²) in [6, 6.07) is 7.58. The summed E-state index contributed by atoms with van der Waals surface area (Å²) in [4.78, 5) is 26.8. The molecule has 2 unspecified atom stereocenters. The lowest BCUT2D eigenvalue weighted by Crippen LogP contribution is -2.50. The van der Waals surface area contributed by atoms with Crippen molar-refractivity contribution < 1.29 is 9.59 Å². The Morgan fingerprint density at radius 3 is 2.56 bits per heavy atom. The van der Waals surface area contributed by atoms with Crippen LogP contribution in [0.15, 0.2) is 24.3 Å². The number of anilines is 1. The number of rotatable bonds is 6. The number of hydrogen-bond acceptors (Lipinski definition) is 3. The summed E-state index contributed by atoms with van der Waals surface area (Å²) in [6.45, 7) is 5.41. The first-order valence-electron chi connectivity index (χ1n) is 8.92. The predicted molar refractivity (Wildman–Crippen MR) is 104 cm³/mol. The molecule has 2 rings (SSSR count). The van der Waals surface area contributed by atoms with Gasteiger partial charge in [-0.25, -0.2) is 0 Å². The number of nitrogen functional groups attached to an aromatic ring is 1. The first-order chi connectivity index (χ1) is 11.5. The Labute approximate surface area is 156 Å². The van der Waals surface area contributed by atoms with Gasteiger partial charge in [-0.2, -0.15) is 0 Å². The molecule has 1 aliphatic heterocycles. The highest BCUT2D eigenvalue weighted by Crippen LogP contribution is 2.23. The molecule has 0 spiro atoms. The lowest BCUT2D eigenvalue weighted by atomic mass is 9.92. The van der Waals surface area contributed by atoms with Gasteiger partial charge in [0, 0.05) is 24.8 Å². The molecule has 5 nitrogen and oxygen atoms in total.